The van der Waals surface area contributed by atoms with Crippen LogP contribution in [0, 0.1) is 5.92 Å². The first-order chi connectivity index (χ1) is 15.7. The Balaban J connectivity index is 1.60. The molecule has 3 rings (SSSR count). The Morgan fingerprint density at radius 2 is 1.76 bits per heavy atom. The van der Waals surface area contributed by atoms with Crippen LogP contribution in [-0.2, 0) is 19.6 Å². The minimum atomic E-state index is -3.74. The molecule has 1 heterocycles. The highest BCUT2D eigenvalue weighted by molar-refractivity contribution is 7.89. The number of ether oxygens (including phenoxy) is 2. The minimum Gasteiger partial charge on any atom is -0.497 e. The molecule has 0 aliphatic carbocycles. The van der Waals surface area contributed by atoms with Gasteiger partial charge >= 0.3 is 0 Å². The van der Waals surface area contributed by atoms with E-state index in [1.54, 1.807) is 43.3 Å². The Labute approximate surface area is 194 Å². The molecule has 2 aromatic rings. The van der Waals surface area contributed by atoms with Crippen LogP contribution in [0.4, 0.5) is 5.69 Å². The second-order valence-electron chi connectivity index (χ2n) is 7.83. The van der Waals surface area contributed by atoms with E-state index in [9.17, 15) is 18.0 Å². The molecule has 0 spiro atoms. The molecule has 2 aromatic carbocycles. The van der Waals surface area contributed by atoms with Gasteiger partial charge in [-0.2, -0.15) is 4.31 Å². The van der Waals surface area contributed by atoms with Crippen molar-refractivity contribution in [3.63, 3.8) is 0 Å². The third-order valence-electron chi connectivity index (χ3n) is 5.54. The van der Waals surface area contributed by atoms with E-state index >= 15 is 0 Å². The quantitative estimate of drug-likeness (QED) is 0.605. The smallest absolute Gasteiger partial charge is 0.246 e. The van der Waals surface area contributed by atoms with Crippen LogP contribution in [0.3, 0.4) is 0 Å². The standard InChI is InChI=1S/C23H29N3O6S/c1-16(22(27)25-18-7-4-8-20(14-18)32-3)24-23(28)17-6-5-13-26(15-17)33(29,30)21-11-9-19(31-2)10-12-21/h4,7-12,14,16-17H,5-6,13,15H2,1-3H3,(H,24,28)(H,25,27). The van der Waals surface area contributed by atoms with Gasteiger partial charge in [0.15, 0.2) is 0 Å². The fourth-order valence-electron chi connectivity index (χ4n) is 3.62. The number of nitrogens with zero attached hydrogens (tertiary/aromatic N) is 1. The number of rotatable bonds is 8. The monoisotopic (exact) mass is 475 g/mol. The van der Waals surface area contributed by atoms with E-state index in [-0.39, 0.29) is 23.3 Å². The Morgan fingerprint density at radius 3 is 2.42 bits per heavy atom. The van der Waals surface area contributed by atoms with Gasteiger partial charge in [0, 0.05) is 24.8 Å². The van der Waals surface area contributed by atoms with Crippen molar-refractivity contribution >= 4 is 27.5 Å². The molecule has 2 atom stereocenters. The van der Waals surface area contributed by atoms with Gasteiger partial charge in [-0.05, 0) is 56.2 Å². The van der Waals surface area contributed by atoms with Crippen LogP contribution in [0.15, 0.2) is 53.4 Å². The van der Waals surface area contributed by atoms with Crippen molar-refractivity contribution in [3.8, 4) is 11.5 Å². The van der Waals surface area contributed by atoms with Crippen molar-refractivity contribution in [1.29, 1.82) is 0 Å². The van der Waals surface area contributed by atoms with Crippen molar-refractivity contribution < 1.29 is 27.5 Å². The third-order valence-corrected chi connectivity index (χ3v) is 7.42. The number of hydrogen-bond acceptors (Lipinski definition) is 6. The summed E-state index contributed by atoms with van der Waals surface area (Å²) in [5.74, 6) is -0.109. The lowest BCUT2D eigenvalue weighted by Crippen LogP contribution is -2.49. The maximum Gasteiger partial charge on any atom is 0.246 e. The summed E-state index contributed by atoms with van der Waals surface area (Å²) >= 11 is 0. The van der Waals surface area contributed by atoms with Gasteiger partial charge in [0.25, 0.3) is 0 Å². The van der Waals surface area contributed by atoms with Gasteiger partial charge in [-0.15, -0.1) is 0 Å². The number of nitrogens with one attached hydrogen (secondary N) is 2. The lowest BCUT2D eigenvalue weighted by Gasteiger charge is -2.31. The maximum atomic E-state index is 13.0. The molecule has 1 fully saturated rings. The second-order valence-corrected chi connectivity index (χ2v) is 9.77. The van der Waals surface area contributed by atoms with Crippen molar-refractivity contribution in [2.75, 3.05) is 32.6 Å². The number of hydrogen-bond donors (Lipinski definition) is 2. The number of anilines is 1. The zero-order valence-electron chi connectivity index (χ0n) is 18.9. The van der Waals surface area contributed by atoms with Crippen molar-refractivity contribution in [1.82, 2.24) is 9.62 Å². The fraction of sp³-hybridized carbons (Fsp3) is 0.391. The first-order valence-corrected chi connectivity index (χ1v) is 12.1. The number of carbonyl (C=O) groups excluding carboxylic acids is 2. The number of sulfonamides is 1. The average Bonchev–Trinajstić information content (AvgIpc) is 2.84. The molecular weight excluding hydrogens is 446 g/mol. The number of carbonyl (C=O) groups is 2. The van der Waals surface area contributed by atoms with E-state index in [0.717, 1.165) is 0 Å². The largest absolute Gasteiger partial charge is 0.497 e. The molecule has 0 bridgehead atoms. The van der Waals surface area contributed by atoms with Crippen molar-refractivity contribution in [3.05, 3.63) is 48.5 Å². The lowest BCUT2D eigenvalue weighted by atomic mass is 9.98. The van der Waals surface area contributed by atoms with Crippen LogP contribution in [0.5, 0.6) is 11.5 Å². The van der Waals surface area contributed by atoms with Gasteiger partial charge in [-0.1, -0.05) is 6.07 Å². The highest BCUT2D eigenvalue weighted by atomic mass is 32.2. The normalized spacial score (nSPS) is 17.6. The zero-order chi connectivity index (χ0) is 24.0. The summed E-state index contributed by atoms with van der Waals surface area (Å²) in [6, 6.07) is 12.3. The fourth-order valence-corrected chi connectivity index (χ4v) is 5.14. The predicted octanol–water partition coefficient (Wildman–Crippen LogP) is 2.25. The first kappa shape index (κ1) is 24.5. The van der Waals surface area contributed by atoms with Gasteiger partial charge in [-0.3, -0.25) is 9.59 Å². The van der Waals surface area contributed by atoms with E-state index in [4.69, 9.17) is 9.47 Å². The van der Waals surface area contributed by atoms with E-state index in [2.05, 4.69) is 10.6 Å². The number of methoxy groups -OCH3 is 2. The Bertz CT molecular complexity index is 1090. The van der Waals surface area contributed by atoms with Crippen LogP contribution in [-0.4, -0.2) is 57.9 Å². The minimum absolute atomic E-state index is 0.0599. The molecule has 10 heteroatoms. The van der Waals surface area contributed by atoms with Crippen LogP contribution >= 0.6 is 0 Å². The van der Waals surface area contributed by atoms with Gasteiger partial charge < -0.3 is 20.1 Å². The molecule has 178 valence electrons. The summed E-state index contributed by atoms with van der Waals surface area (Å²) in [5, 5.41) is 5.44. The van der Waals surface area contributed by atoms with E-state index < -0.39 is 22.0 Å². The number of amides is 2. The summed E-state index contributed by atoms with van der Waals surface area (Å²) in [5.41, 5.74) is 0.551. The molecule has 1 saturated heterocycles. The van der Waals surface area contributed by atoms with Gasteiger partial charge in [0.1, 0.15) is 17.5 Å². The van der Waals surface area contributed by atoms with E-state index in [0.29, 0.717) is 36.6 Å². The molecule has 2 N–H and O–H groups in total. The van der Waals surface area contributed by atoms with Crippen molar-refractivity contribution in [2.45, 2.75) is 30.7 Å². The molecule has 0 radical (unpaired) electrons. The van der Waals surface area contributed by atoms with Gasteiger partial charge in [0.2, 0.25) is 21.8 Å². The van der Waals surface area contributed by atoms with Crippen LogP contribution < -0.4 is 20.1 Å². The lowest BCUT2D eigenvalue weighted by molar-refractivity contribution is -0.129. The molecule has 1 aliphatic heterocycles. The summed E-state index contributed by atoms with van der Waals surface area (Å²) in [6.07, 6.45) is 1.10. The Morgan fingerprint density at radius 1 is 1.06 bits per heavy atom. The summed E-state index contributed by atoms with van der Waals surface area (Å²) in [7, 11) is -0.696. The first-order valence-electron chi connectivity index (χ1n) is 10.6. The van der Waals surface area contributed by atoms with E-state index in [1.165, 1.54) is 30.7 Å². The summed E-state index contributed by atoms with van der Waals surface area (Å²) in [4.78, 5) is 25.5. The Kier molecular flexibility index (Phi) is 7.93. The van der Waals surface area contributed by atoms with Crippen LogP contribution in [0.25, 0.3) is 0 Å². The predicted molar refractivity (Wildman–Crippen MR) is 124 cm³/mol. The maximum absolute atomic E-state index is 13.0. The highest BCUT2D eigenvalue weighted by Gasteiger charge is 2.34. The highest BCUT2D eigenvalue weighted by Crippen LogP contribution is 2.25. The van der Waals surface area contributed by atoms with Gasteiger partial charge in [-0.25, -0.2) is 8.42 Å². The number of piperidine rings is 1. The molecule has 9 nitrogen and oxygen atoms in total. The zero-order valence-corrected chi connectivity index (χ0v) is 19.7. The summed E-state index contributed by atoms with van der Waals surface area (Å²) in [6.45, 7) is 1.98. The van der Waals surface area contributed by atoms with Crippen molar-refractivity contribution in [2.24, 2.45) is 5.92 Å². The topological polar surface area (TPSA) is 114 Å². The second kappa shape index (κ2) is 10.7. The third kappa shape index (κ3) is 6.02. The van der Waals surface area contributed by atoms with Crippen LogP contribution in [0.2, 0.25) is 0 Å². The van der Waals surface area contributed by atoms with E-state index in [1.807, 2.05) is 0 Å². The number of benzene rings is 2. The SMILES string of the molecule is COc1ccc(S(=O)(=O)N2CCCC(C(=O)NC(C)C(=O)Nc3cccc(OC)c3)C2)cc1. The Hall–Kier alpha value is -3.11. The average molecular weight is 476 g/mol. The molecule has 0 saturated carbocycles. The molecule has 2 unspecified atom stereocenters. The summed E-state index contributed by atoms with van der Waals surface area (Å²) < 4.78 is 37.6. The van der Waals surface area contributed by atoms with Crippen LogP contribution in [0.1, 0.15) is 19.8 Å². The molecular formula is C23H29N3O6S. The molecule has 2 amide bonds. The van der Waals surface area contributed by atoms with Gasteiger partial charge in [0.05, 0.1) is 25.0 Å². The molecule has 0 aromatic heterocycles. The molecule has 33 heavy (non-hydrogen) atoms. The molecule has 1 aliphatic rings.